The fourth-order valence-corrected chi connectivity index (χ4v) is 3.32. The molecule has 1 aromatic rings. The number of aliphatic imine (C=N–C) groups is 1. The van der Waals surface area contributed by atoms with Gasteiger partial charge in [0.25, 0.3) is 0 Å². The third kappa shape index (κ3) is 4.61. The van der Waals surface area contributed by atoms with Crippen molar-refractivity contribution < 1.29 is 9.47 Å². The monoisotopic (exact) mass is 347 g/mol. The van der Waals surface area contributed by atoms with E-state index in [2.05, 4.69) is 26.3 Å². The van der Waals surface area contributed by atoms with Gasteiger partial charge in [0.15, 0.2) is 5.96 Å². The maximum absolute atomic E-state index is 5.93. The number of rotatable bonds is 4. The Balaban J connectivity index is 1.57. The van der Waals surface area contributed by atoms with Crippen LogP contribution in [0.3, 0.4) is 0 Å². The maximum Gasteiger partial charge on any atom is 0.194 e. The van der Waals surface area contributed by atoms with Crippen molar-refractivity contribution in [3.63, 3.8) is 0 Å². The lowest BCUT2D eigenvalue weighted by Gasteiger charge is -2.37. The predicted molar refractivity (Wildman–Crippen MR) is 99.0 cm³/mol. The van der Waals surface area contributed by atoms with Gasteiger partial charge >= 0.3 is 0 Å². The van der Waals surface area contributed by atoms with Gasteiger partial charge in [-0.2, -0.15) is 0 Å². The summed E-state index contributed by atoms with van der Waals surface area (Å²) in [6, 6.07) is 4.12. The first-order valence-corrected chi connectivity index (χ1v) is 8.98. The molecular formula is C18H29N5O2. The summed E-state index contributed by atoms with van der Waals surface area (Å²) in [5, 5.41) is 3.47. The number of anilines is 1. The number of ether oxygens (including phenoxy) is 2. The molecule has 0 aromatic carbocycles. The van der Waals surface area contributed by atoms with Gasteiger partial charge in [-0.25, -0.2) is 4.98 Å². The normalized spacial score (nSPS) is 24.4. The van der Waals surface area contributed by atoms with Crippen LogP contribution in [0.4, 0.5) is 5.82 Å². The van der Waals surface area contributed by atoms with Gasteiger partial charge in [0.2, 0.25) is 0 Å². The smallest absolute Gasteiger partial charge is 0.194 e. The van der Waals surface area contributed by atoms with E-state index in [0.29, 0.717) is 6.61 Å². The van der Waals surface area contributed by atoms with Gasteiger partial charge in [0.1, 0.15) is 11.9 Å². The number of hydrogen-bond donors (Lipinski definition) is 1. The molecule has 138 valence electrons. The molecule has 0 spiro atoms. The lowest BCUT2D eigenvalue weighted by atomic mass is 10.1. The Morgan fingerprint density at radius 1 is 1.36 bits per heavy atom. The van der Waals surface area contributed by atoms with E-state index in [9.17, 15) is 0 Å². The summed E-state index contributed by atoms with van der Waals surface area (Å²) < 4.78 is 11.7. The Labute approximate surface area is 150 Å². The fraction of sp³-hybridized carbons (Fsp3) is 0.667. The Bertz CT molecular complexity index is 587. The van der Waals surface area contributed by atoms with Crippen molar-refractivity contribution >= 4 is 11.8 Å². The van der Waals surface area contributed by atoms with Crippen LogP contribution >= 0.6 is 0 Å². The molecule has 25 heavy (non-hydrogen) atoms. The third-order valence-corrected chi connectivity index (χ3v) is 4.70. The van der Waals surface area contributed by atoms with E-state index in [0.717, 1.165) is 50.9 Å². The van der Waals surface area contributed by atoms with Crippen LogP contribution in [0.25, 0.3) is 0 Å². The van der Waals surface area contributed by atoms with Gasteiger partial charge in [-0.05, 0) is 30.5 Å². The van der Waals surface area contributed by atoms with Crippen molar-refractivity contribution in [2.75, 3.05) is 52.3 Å². The molecule has 0 aliphatic carbocycles. The highest BCUT2D eigenvalue weighted by Gasteiger charge is 2.32. The molecule has 0 bridgehead atoms. The summed E-state index contributed by atoms with van der Waals surface area (Å²) in [5.74, 6) is 1.87. The van der Waals surface area contributed by atoms with Gasteiger partial charge in [-0.1, -0.05) is 0 Å². The highest BCUT2D eigenvalue weighted by Crippen LogP contribution is 2.21. The Kier molecular flexibility index (Phi) is 6.09. The molecule has 2 fully saturated rings. The standard InChI is InChI=1S/C18H29N5O2/c1-19-18(21-12-14-6-7-20-17(11-14)22(2)3)23-8-10-25-16(13-23)15-5-4-9-24-15/h6-7,11,15-16H,4-5,8-10,12-13H2,1-3H3,(H,19,21). The van der Waals surface area contributed by atoms with Gasteiger partial charge < -0.3 is 24.6 Å². The van der Waals surface area contributed by atoms with Crippen LogP contribution in [-0.4, -0.2) is 75.5 Å². The molecule has 2 atom stereocenters. The molecule has 2 unspecified atom stereocenters. The van der Waals surface area contributed by atoms with Crippen LogP contribution in [0.5, 0.6) is 0 Å². The van der Waals surface area contributed by atoms with E-state index in [4.69, 9.17) is 9.47 Å². The van der Waals surface area contributed by atoms with E-state index >= 15 is 0 Å². The minimum atomic E-state index is 0.135. The van der Waals surface area contributed by atoms with Crippen LogP contribution in [-0.2, 0) is 16.0 Å². The number of aromatic nitrogens is 1. The van der Waals surface area contributed by atoms with Gasteiger partial charge in [0, 0.05) is 53.6 Å². The van der Waals surface area contributed by atoms with Gasteiger partial charge in [-0.3, -0.25) is 4.99 Å². The first-order chi connectivity index (χ1) is 12.2. The lowest BCUT2D eigenvalue weighted by Crippen LogP contribution is -2.53. The second kappa shape index (κ2) is 8.49. The summed E-state index contributed by atoms with van der Waals surface area (Å²) in [6.07, 6.45) is 4.43. The molecule has 0 radical (unpaired) electrons. The molecule has 0 saturated carbocycles. The minimum Gasteiger partial charge on any atom is -0.375 e. The molecule has 7 heteroatoms. The summed E-state index contributed by atoms with van der Waals surface area (Å²) in [6.45, 7) is 3.96. The number of nitrogens with zero attached hydrogens (tertiary/aromatic N) is 4. The van der Waals surface area contributed by atoms with Crippen LogP contribution in [0, 0.1) is 0 Å². The molecule has 3 heterocycles. The molecule has 2 aliphatic rings. The zero-order valence-electron chi connectivity index (χ0n) is 15.4. The van der Waals surface area contributed by atoms with Crippen molar-refractivity contribution in [3.8, 4) is 0 Å². The van der Waals surface area contributed by atoms with E-state index < -0.39 is 0 Å². The zero-order chi connectivity index (χ0) is 17.6. The Hall–Kier alpha value is -1.86. The van der Waals surface area contributed by atoms with Crippen molar-refractivity contribution in [2.24, 2.45) is 4.99 Å². The molecule has 2 aliphatic heterocycles. The average Bonchev–Trinajstić information content (AvgIpc) is 3.17. The van der Waals surface area contributed by atoms with Crippen LogP contribution < -0.4 is 10.2 Å². The largest absolute Gasteiger partial charge is 0.375 e. The Morgan fingerprint density at radius 2 is 2.20 bits per heavy atom. The van der Waals surface area contributed by atoms with E-state index in [1.165, 1.54) is 5.56 Å². The molecule has 2 saturated heterocycles. The Morgan fingerprint density at radius 3 is 2.92 bits per heavy atom. The topological polar surface area (TPSA) is 62.2 Å². The SMILES string of the molecule is CN=C(NCc1ccnc(N(C)C)c1)N1CCOC(C2CCCO2)C1. The first kappa shape index (κ1) is 17.9. The quantitative estimate of drug-likeness (QED) is 0.650. The van der Waals surface area contributed by atoms with E-state index in [-0.39, 0.29) is 12.2 Å². The second-order valence-corrected chi connectivity index (χ2v) is 6.72. The molecule has 3 rings (SSSR count). The fourth-order valence-electron chi connectivity index (χ4n) is 3.32. The highest BCUT2D eigenvalue weighted by atomic mass is 16.5. The number of guanidine groups is 1. The predicted octanol–water partition coefficient (Wildman–Crippen LogP) is 1.10. The van der Waals surface area contributed by atoms with Gasteiger partial charge in [-0.15, -0.1) is 0 Å². The summed E-state index contributed by atoms with van der Waals surface area (Å²) in [7, 11) is 5.82. The van der Waals surface area contributed by atoms with E-state index in [1.807, 2.05) is 38.3 Å². The average molecular weight is 347 g/mol. The van der Waals surface area contributed by atoms with Crippen molar-refractivity contribution in [1.29, 1.82) is 0 Å². The minimum absolute atomic E-state index is 0.135. The number of hydrogen-bond acceptors (Lipinski definition) is 5. The van der Waals surface area contributed by atoms with Crippen LogP contribution in [0.1, 0.15) is 18.4 Å². The number of nitrogens with one attached hydrogen (secondary N) is 1. The third-order valence-electron chi connectivity index (χ3n) is 4.70. The van der Waals surface area contributed by atoms with E-state index in [1.54, 1.807) is 0 Å². The first-order valence-electron chi connectivity index (χ1n) is 8.98. The second-order valence-electron chi connectivity index (χ2n) is 6.72. The summed E-state index contributed by atoms with van der Waals surface area (Å²) >= 11 is 0. The van der Waals surface area contributed by atoms with Crippen molar-refractivity contribution in [2.45, 2.75) is 31.6 Å². The molecule has 1 N–H and O–H groups in total. The summed E-state index contributed by atoms with van der Waals surface area (Å²) in [4.78, 5) is 13.1. The summed E-state index contributed by atoms with van der Waals surface area (Å²) in [5.41, 5.74) is 1.18. The van der Waals surface area contributed by atoms with Crippen molar-refractivity contribution in [1.82, 2.24) is 15.2 Å². The molecule has 1 aromatic heterocycles. The lowest BCUT2D eigenvalue weighted by molar-refractivity contribution is -0.0817. The molecular weight excluding hydrogens is 318 g/mol. The van der Waals surface area contributed by atoms with Crippen molar-refractivity contribution in [3.05, 3.63) is 23.9 Å². The molecule has 7 nitrogen and oxygen atoms in total. The molecule has 0 amide bonds. The van der Waals surface area contributed by atoms with Gasteiger partial charge in [0.05, 0.1) is 12.7 Å². The maximum atomic E-state index is 5.93. The number of pyridine rings is 1. The van der Waals surface area contributed by atoms with Crippen LogP contribution in [0.2, 0.25) is 0 Å². The highest BCUT2D eigenvalue weighted by molar-refractivity contribution is 5.80. The van der Waals surface area contributed by atoms with Crippen LogP contribution in [0.15, 0.2) is 23.3 Å². The number of morpholine rings is 1. The zero-order valence-corrected chi connectivity index (χ0v) is 15.4.